The number of hydrogen-bond acceptors (Lipinski definition) is 1. The van der Waals surface area contributed by atoms with Crippen LogP contribution in [-0.2, 0) is 6.61 Å². The van der Waals surface area contributed by atoms with Gasteiger partial charge in [-0.15, -0.1) is 0 Å². The molecule has 1 nitrogen and oxygen atoms in total. The second-order valence-electron chi connectivity index (χ2n) is 7.89. The first-order valence-corrected chi connectivity index (χ1v) is 10.3. The molecule has 0 atom stereocenters. The SMILES string of the molecule is Fc1cc(F)cc(OCc2c(F)cc(-c3ccc(C4CCCCC4)cc3F)cc2F)c1. The Morgan fingerprint density at radius 1 is 0.710 bits per heavy atom. The van der Waals surface area contributed by atoms with E-state index in [1.807, 2.05) is 6.07 Å². The Morgan fingerprint density at radius 2 is 1.35 bits per heavy atom. The van der Waals surface area contributed by atoms with Crippen LogP contribution in [0.25, 0.3) is 11.1 Å². The van der Waals surface area contributed by atoms with E-state index in [1.54, 1.807) is 6.07 Å². The average Bonchev–Trinajstić information content (AvgIpc) is 2.73. The lowest BCUT2D eigenvalue weighted by molar-refractivity contribution is 0.289. The van der Waals surface area contributed by atoms with E-state index >= 15 is 0 Å². The fourth-order valence-electron chi connectivity index (χ4n) is 4.12. The highest BCUT2D eigenvalue weighted by Gasteiger charge is 2.19. The van der Waals surface area contributed by atoms with Crippen molar-refractivity contribution in [1.29, 1.82) is 0 Å². The van der Waals surface area contributed by atoms with Gasteiger partial charge in [-0.1, -0.05) is 31.4 Å². The highest BCUT2D eigenvalue weighted by Crippen LogP contribution is 2.35. The van der Waals surface area contributed by atoms with Crippen molar-refractivity contribution in [1.82, 2.24) is 0 Å². The maximum Gasteiger partial charge on any atom is 0.133 e. The van der Waals surface area contributed by atoms with Gasteiger partial charge < -0.3 is 4.74 Å². The van der Waals surface area contributed by atoms with Crippen LogP contribution in [0.4, 0.5) is 22.0 Å². The molecule has 0 N–H and O–H groups in total. The summed E-state index contributed by atoms with van der Waals surface area (Å²) in [5, 5.41) is 0. The summed E-state index contributed by atoms with van der Waals surface area (Å²) in [5.41, 5.74) is 0.683. The fourth-order valence-corrected chi connectivity index (χ4v) is 4.12. The first kappa shape index (κ1) is 21.3. The molecule has 162 valence electrons. The smallest absolute Gasteiger partial charge is 0.133 e. The minimum absolute atomic E-state index is 0.0724. The highest BCUT2D eigenvalue weighted by atomic mass is 19.1. The molecule has 0 unspecified atom stereocenters. The molecular formula is C25H21F5O. The lowest BCUT2D eigenvalue weighted by Crippen LogP contribution is -2.05. The summed E-state index contributed by atoms with van der Waals surface area (Å²) in [6.07, 6.45) is 5.48. The average molecular weight is 432 g/mol. The quantitative estimate of drug-likeness (QED) is 0.376. The van der Waals surface area contributed by atoms with Gasteiger partial charge >= 0.3 is 0 Å². The molecule has 0 saturated heterocycles. The minimum atomic E-state index is -0.928. The zero-order valence-electron chi connectivity index (χ0n) is 16.7. The molecule has 0 radical (unpaired) electrons. The maximum absolute atomic E-state index is 14.8. The van der Waals surface area contributed by atoms with Crippen LogP contribution in [0.15, 0.2) is 48.5 Å². The monoisotopic (exact) mass is 432 g/mol. The molecule has 0 aliphatic heterocycles. The van der Waals surface area contributed by atoms with Crippen LogP contribution in [0.2, 0.25) is 0 Å². The van der Waals surface area contributed by atoms with Crippen LogP contribution < -0.4 is 4.74 Å². The Kier molecular flexibility index (Phi) is 6.25. The summed E-state index contributed by atoms with van der Waals surface area (Å²) < 4.78 is 75.5. The molecule has 0 heterocycles. The van der Waals surface area contributed by atoms with Crippen molar-refractivity contribution in [2.45, 2.75) is 44.6 Å². The van der Waals surface area contributed by atoms with Crippen molar-refractivity contribution in [3.05, 3.63) is 88.7 Å². The summed E-state index contributed by atoms with van der Waals surface area (Å²) >= 11 is 0. The van der Waals surface area contributed by atoms with Gasteiger partial charge in [0.25, 0.3) is 0 Å². The first-order chi connectivity index (χ1) is 14.9. The molecule has 3 aromatic rings. The third-order valence-corrected chi connectivity index (χ3v) is 5.74. The van der Waals surface area contributed by atoms with Crippen molar-refractivity contribution < 1.29 is 26.7 Å². The predicted octanol–water partition coefficient (Wildman–Crippen LogP) is 7.68. The Bertz CT molecular complexity index is 1050. The third kappa shape index (κ3) is 4.89. The van der Waals surface area contributed by atoms with Gasteiger partial charge in [0.05, 0.1) is 5.56 Å². The van der Waals surface area contributed by atoms with E-state index in [0.717, 1.165) is 55.5 Å². The van der Waals surface area contributed by atoms with Crippen LogP contribution in [0.3, 0.4) is 0 Å². The highest BCUT2D eigenvalue weighted by molar-refractivity contribution is 5.65. The molecular weight excluding hydrogens is 411 g/mol. The molecule has 1 fully saturated rings. The van der Waals surface area contributed by atoms with Crippen LogP contribution in [0.1, 0.15) is 49.1 Å². The van der Waals surface area contributed by atoms with Gasteiger partial charge in [-0.25, -0.2) is 22.0 Å². The number of halogens is 5. The Hall–Kier alpha value is -2.89. The second kappa shape index (κ2) is 9.08. The molecule has 1 saturated carbocycles. The second-order valence-corrected chi connectivity index (χ2v) is 7.89. The van der Waals surface area contributed by atoms with Gasteiger partial charge in [0, 0.05) is 23.8 Å². The zero-order chi connectivity index (χ0) is 22.0. The maximum atomic E-state index is 14.8. The summed E-state index contributed by atoms with van der Waals surface area (Å²) in [4.78, 5) is 0. The van der Waals surface area contributed by atoms with Gasteiger partial charge in [0.15, 0.2) is 0 Å². The lowest BCUT2D eigenvalue weighted by Gasteiger charge is -2.22. The van der Waals surface area contributed by atoms with E-state index in [4.69, 9.17) is 4.74 Å². The van der Waals surface area contributed by atoms with Crippen molar-refractivity contribution in [2.75, 3.05) is 0 Å². The van der Waals surface area contributed by atoms with Crippen molar-refractivity contribution >= 4 is 0 Å². The number of benzene rings is 3. The van der Waals surface area contributed by atoms with Crippen LogP contribution in [0, 0.1) is 29.1 Å². The fraction of sp³-hybridized carbons (Fsp3) is 0.280. The zero-order valence-corrected chi connectivity index (χ0v) is 16.7. The van der Waals surface area contributed by atoms with E-state index in [2.05, 4.69) is 0 Å². The van der Waals surface area contributed by atoms with Gasteiger partial charge in [-0.2, -0.15) is 0 Å². The normalized spacial score (nSPS) is 14.6. The van der Waals surface area contributed by atoms with E-state index in [0.29, 0.717) is 12.0 Å². The molecule has 6 heteroatoms. The molecule has 31 heavy (non-hydrogen) atoms. The molecule has 4 rings (SSSR count). The molecule has 0 bridgehead atoms. The minimum Gasteiger partial charge on any atom is -0.488 e. The Balaban J connectivity index is 1.55. The molecule has 0 spiro atoms. The standard InChI is InChI=1S/C25H21F5O/c26-18-11-19(27)13-20(12-18)31-14-22-24(29)9-17(10-25(22)30)21-7-6-16(8-23(21)28)15-4-2-1-3-5-15/h6-13,15H,1-5,14H2. The largest absolute Gasteiger partial charge is 0.488 e. The summed E-state index contributed by atoms with van der Waals surface area (Å²) in [5.74, 6) is -3.98. The van der Waals surface area contributed by atoms with E-state index in [9.17, 15) is 22.0 Å². The molecule has 0 amide bonds. The van der Waals surface area contributed by atoms with Gasteiger partial charge in [0.2, 0.25) is 0 Å². The van der Waals surface area contributed by atoms with E-state index in [-0.39, 0.29) is 16.9 Å². The lowest BCUT2D eigenvalue weighted by atomic mass is 9.83. The summed E-state index contributed by atoms with van der Waals surface area (Å²) in [6.45, 7) is -0.566. The number of ether oxygens (including phenoxy) is 1. The van der Waals surface area contributed by atoms with Crippen LogP contribution >= 0.6 is 0 Å². The van der Waals surface area contributed by atoms with E-state index in [1.165, 1.54) is 12.5 Å². The molecule has 3 aromatic carbocycles. The van der Waals surface area contributed by atoms with Gasteiger partial charge in [-0.05, 0) is 48.1 Å². The third-order valence-electron chi connectivity index (χ3n) is 5.74. The van der Waals surface area contributed by atoms with Gasteiger partial charge in [0.1, 0.15) is 41.4 Å². The van der Waals surface area contributed by atoms with Crippen molar-refractivity contribution in [2.24, 2.45) is 0 Å². The summed E-state index contributed by atoms with van der Waals surface area (Å²) in [7, 11) is 0. The van der Waals surface area contributed by atoms with E-state index < -0.39 is 41.3 Å². The Morgan fingerprint density at radius 3 is 1.97 bits per heavy atom. The number of hydrogen-bond donors (Lipinski definition) is 0. The van der Waals surface area contributed by atoms with Crippen molar-refractivity contribution in [3.8, 4) is 16.9 Å². The predicted molar refractivity (Wildman–Crippen MR) is 108 cm³/mol. The molecule has 0 aromatic heterocycles. The van der Waals surface area contributed by atoms with Crippen LogP contribution in [0.5, 0.6) is 5.75 Å². The molecule has 1 aliphatic carbocycles. The van der Waals surface area contributed by atoms with Crippen molar-refractivity contribution in [3.63, 3.8) is 0 Å². The Labute approximate surface area is 177 Å². The first-order valence-electron chi connectivity index (χ1n) is 10.3. The van der Waals surface area contributed by atoms with Gasteiger partial charge in [-0.3, -0.25) is 0 Å². The van der Waals surface area contributed by atoms with Crippen LogP contribution in [-0.4, -0.2) is 0 Å². The molecule has 1 aliphatic rings. The summed E-state index contributed by atoms with van der Waals surface area (Å²) in [6, 6.07) is 9.39. The number of rotatable bonds is 5. The topological polar surface area (TPSA) is 9.23 Å².